The van der Waals surface area contributed by atoms with Crippen LogP contribution >= 0.6 is 0 Å². The number of nitrogens with zero attached hydrogens (tertiary/aromatic N) is 1. The van der Waals surface area contributed by atoms with Gasteiger partial charge in [-0.15, -0.1) is 0 Å². The fourth-order valence-electron chi connectivity index (χ4n) is 3.31. The summed E-state index contributed by atoms with van der Waals surface area (Å²) in [6, 6.07) is 7.94. The molecule has 1 aromatic rings. The maximum Gasteiger partial charge on any atom is 0.234 e. The van der Waals surface area contributed by atoms with Crippen molar-refractivity contribution in [3.63, 3.8) is 0 Å². The molecule has 0 radical (unpaired) electrons. The van der Waals surface area contributed by atoms with E-state index in [1.165, 1.54) is 4.90 Å². The maximum atomic E-state index is 12.3. The van der Waals surface area contributed by atoms with E-state index in [9.17, 15) is 9.59 Å². The SMILES string of the molecule is Cc1cccc(NCN2C(=O)[C@H]3CCCC[C@H]3C2=O)c1. The van der Waals surface area contributed by atoms with Crippen molar-refractivity contribution in [2.75, 3.05) is 12.0 Å². The van der Waals surface area contributed by atoms with Crippen molar-refractivity contribution < 1.29 is 9.59 Å². The number of hydrogen-bond acceptors (Lipinski definition) is 3. The summed E-state index contributed by atoms with van der Waals surface area (Å²) in [6.07, 6.45) is 3.88. The molecule has 1 saturated heterocycles. The Morgan fingerprint density at radius 3 is 2.40 bits per heavy atom. The number of benzene rings is 1. The molecule has 1 aromatic carbocycles. The van der Waals surface area contributed by atoms with Gasteiger partial charge in [0.15, 0.2) is 0 Å². The lowest BCUT2D eigenvalue weighted by Crippen LogP contribution is -2.35. The van der Waals surface area contributed by atoms with E-state index in [1.54, 1.807) is 0 Å². The minimum absolute atomic E-state index is 0.0138. The minimum Gasteiger partial charge on any atom is -0.367 e. The number of carbonyl (C=O) groups excluding carboxylic acids is 2. The summed E-state index contributed by atoms with van der Waals surface area (Å²) in [4.78, 5) is 26.0. The Hall–Kier alpha value is -1.84. The largest absolute Gasteiger partial charge is 0.367 e. The molecule has 1 N–H and O–H groups in total. The van der Waals surface area contributed by atoms with Crippen molar-refractivity contribution in [2.24, 2.45) is 11.8 Å². The first-order valence-electron chi connectivity index (χ1n) is 7.32. The lowest BCUT2D eigenvalue weighted by molar-refractivity contribution is -0.139. The third-order valence-corrected chi connectivity index (χ3v) is 4.39. The Kier molecular flexibility index (Phi) is 3.47. The molecular weight excluding hydrogens is 252 g/mol. The Balaban J connectivity index is 1.68. The van der Waals surface area contributed by atoms with Gasteiger partial charge in [-0.05, 0) is 37.5 Å². The summed E-state index contributed by atoms with van der Waals surface area (Å²) in [5.41, 5.74) is 2.10. The Morgan fingerprint density at radius 2 is 1.80 bits per heavy atom. The summed E-state index contributed by atoms with van der Waals surface area (Å²) < 4.78 is 0. The second kappa shape index (κ2) is 5.27. The highest BCUT2D eigenvalue weighted by atomic mass is 16.2. The summed E-state index contributed by atoms with van der Waals surface area (Å²) in [5.74, 6) is -0.0918. The molecule has 0 aromatic heterocycles. The minimum atomic E-state index is -0.0597. The van der Waals surface area contributed by atoms with Crippen molar-refractivity contribution in [2.45, 2.75) is 32.6 Å². The highest BCUT2D eigenvalue weighted by molar-refractivity contribution is 6.05. The fourth-order valence-corrected chi connectivity index (χ4v) is 3.31. The number of hydrogen-bond donors (Lipinski definition) is 1. The van der Waals surface area contributed by atoms with Crippen LogP contribution in [0.2, 0.25) is 0 Å². The molecule has 0 spiro atoms. The number of aryl methyl sites for hydroxylation is 1. The number of amides is 2. The van der Waals surface area contributed by atoms with Crippen LogP contribution in [0.4, 0.5) is 5.69 Å². The molecule has 106 valence electrons. The van der Waals surface area contributed by atoms with E-state index < -0.39 is 0 Å². The smallest absolute Gasteiger partial charge is 0.234 e. The third kappa shape index (κ3) is 2.30. The van der Waals surface area contributed by atoms with Crippen LogP contribution in [-0.2, 0) is 9.59 Å². The van der Waals surface area contributed by atoms with Gasteiger partial charge in [-0.2, -0.15) is 0 Å². The summed E-state index contributed by atoms with van der Waals surface area (Å²) >= 11 is 0. The Bertz CT molecular complexity index is 517. The van der Waals surface area contributed by atoms with Crippen LogP contribution in [0.3, 0.4) is 0 Å². The molecular formula is C16H20N2O2. The van der Waals surface area contributed by atoms with E-state index in [0.29, 0.717) is 0 Å². The fraction of sp³-hybridized carbons (Fsp3) is 0.500. The molecule has 1 saturated carbocycles. The van der Waals surface area contributed by atoms with Gasteiger partial charge < -0.3 is 5.32 Å². The highest BCUT2D eigenvalue weighted by Crippen LogP contribution is 2.37. The lowest BCUT2D eigenvalue weighted by atomic mass is 9.81. The average Bonchev–Trinajstić information content (AvgIpc) is 2.70. The van der Waals surface area contributed by atoms with E-state index >= 15 is 0 Å². The van der Waals surface area contributed by atoms with E-state index in [4.69, 9.17) is 0 Å². The van der Waals surface area contributed by atoms with Gasteiger partial charge >= 0.3 is 0 Å². The van der Waals surface area contributed by atoms with Crippen molar-refractivity contribution in [3.8, 4) is 0 Å². The van der Waals surface area contributed by atoms with Crippen LogP contribution in [0.15, 0.2) is 24.3 Å². The van der Waals surface area contributed by atoms with Crippen molar-refractivity contribution in [1.29, 1.82) is 0 Å². The first-order chi connectivity index (χ1) is 9.66. The monoisotopic (exact) mass is 272 g/mol. The van der Waals surface area contributed by atoms with Crippen LogP contribution < -0.4 is 5.32 Å². The van der Waals surface area contributed by atoms with Gasteiger partial charge in [-0.1, -0.05) is 25.0 Å². The quantitative estimate of drug-likeness (QED) is 0.860. The van der Waals surface area contributed by atoms with Crippen molar-refractivity contribution in [3.05, 3.63) is 29.8 Å². The maximum absolute atomic E-state index is 12.3. The number of likely N-dealkylation sites (tertiary alicyclic amines) is 1. The summed E-state index contributed by atoms with van der Waals surface area (Å²) in [6.45, 7) is 2.31. The molecule has 0 bridgehead atoms. The van der Waals surface area contributed by atoms with E-state index in [2.05, 4.69) is 5.32 Å². The van der Waals surface area contributed by atoms with Crippen LogP contribution in [0.5, 0.6) is 0 Å². The Morgan fingerprint density at radius 1 is 1.15 bits per heavy atom. The van der Waals surface area contributed by atoms with E-state index in [0.717, 1.165) is 36.9 Å². The summed E-state index contributed by atoms with van der Waals surface area (Å²) in [7, 11) is 0. The molecule has 0 unspecified atom stereocenters. The highest BCUT2D eigenvalue weighted by Gasteiger charge is 2.47. The first kappa shape index (κ1) is 13.2. The zero-order chi connectivity index (χ0) is 14.1. The molecule has 3 rings (SSSR count). The molecule has 2 fully saturated rings. The van der Waals surface area contributed by atoms with Gasteiger partial charge in [-0.25, -0.2) is 0 Å². The third-order valence-electron chi connectivity index (χ3n) is 4.39. The van der Waals surface area contributed by atoms with Gasteiger partial charge in [-0.3, -0.25) is 14.5 Å². The number of imide groups is 1. The van der Waals surface area contributed by atoms with Gasteiger partial charge in [0, 0.05) is 5.69 Å². The predicted molar refractivity (Wildman–Crippen MR) is 77.0 cm³/mol. The van der Waals surface area contributed by atoms with Gasteiger partial charge in [0.05, 0.1) is 18.5 Å². The number of anilines is 1. The number of rotatable bonds is 3. The van der Waals surface area contributed by atoms with Crippen LogP contribution in [0, 0.1) is 18.8 Å². The van der Waals surface area contributed by atoms with Crippen molar-refractivity contribution in [1.82, 2.24) is 4.90 Å². The van der Waals surface area contributed by atoms with E-state index in [1.807, 2.05) is 31.2 Å². The predicted octanol–water partition coefficient (Wildman–Crippen LogP) is 2.54. The zero-order valence-corrected chi connectivity index (χ0v) is 11.8. The molecule has 1 heterocycles. The van der Waals surface area contributed by atoms with Crippen LogP contribution in [0.1, 0.15) is 31.2 Å². The average molecular weight is 272 g/mol. The molecule has 1 aliphatic carbocycles. The molecule has 2 aliphatic rings. The molecule has 20 heavy (non-hydrogen) atoms. The molecule has 2 atom stereocenters. The van der Waals surface area contributed by atoms with Gasteiger partial charge in [0.25, 0.3) is 0 Å². The molecule has 1 aliphatic heterocycles. The molecule has 4 nitrogen and oxygen atoms in total. The number of nitrogens with one attached hydrogen (secondary N) is 1. The standard InChI is InChI=1S/C16H20N2O2/c1-11-5-4-6-12(9-11)17-10-18-15(19)13-7-2-3-8-14(13)16(18)20/h4-6,9,13-14,17H,2-3,7-8,10H2,1H3/t13-,14+. The Labute approximate surface area is 119 Å². The lowest BCUT2D eigenvalue weighted by Gasteiger charge is -2.19. The van der Waals surface area contributed by atoms with Gasteiger partial charge in [0.2, 0.25) is 11.8 Å². The van der Waals surface area contributed by atoms with Crippen molar-refractivity contribution >= 4 is 17.5 Å². The first-order valence-corrected chi connectivity index (χ1v) is 7.32. The second-order valence-electron chi connectivity index (χ2n) is 5.81. The topological polar surface area (TPSA) is 49.4 Å². The van der Waals surface area contributed by atoms with Gasteiger partial charge in [0.1, 0.15) is 0 Å². The molecule has 4 heteroatoms. The van der Waals surface area contributed by atoms with Crippen LogP contribution in [-0.4, -0.2) is 23.4 Å². The zero-order valence-electron chi connectivity index (χ0n) is 11.8. The van der Waals surface area contributed by atoms with E-state index in [-0.39, 0.29) is 30.3 Å². The summed E-state index contributed by atoms with van der Waals surface area (Å²) in [5, 5.41) is 3.18. The normalized spacial score (nSPS) is 25.8. The molecule has 2 amide bonds. The number of carbonyl (C=O) groups is 2. The second-order valence-corrected chi connectivity index (χ2v) is 5.81. The van der Waals surface area contributed by atoms with Crippen LogP contribution in [0.25, 0.3) is 0 Å². The number of fused-ring (bicyclic) bond motifs is 1.